The smallest absolute Gasteiger partial charge is 0.0849 e. The van der Waals surface area contributed by atoms with Crippen LogP contribution in [-0.4, -0.2) is 23.7 Å². The van der Waals surface area contributed by atoms with E-state index in [4.69, 9.17) is 4.74 Å². The lowest BCUT2D eigenvalue weighted by atomic mass is 9.85. The molecule has 1 saturated heterocycles. The van der Waals surface area contributed by atoms with Gasteiger partial charge in [0.25, 0.3) is 0 Å². The third-order valence-corrected chi connectivity index (χ3v) is 4.49. The third kappa shape index (κ3) is 2.81. The molecule has 1 aliphatic rings. The number of pyridine rings is 1. The Balaban J connectivity index is 2.05. The summed E-state index contributed by atoms with van der Waals surface area (Å²) >= 11 is 0. The van der Waals surface area contributed by atoms with Crippen LogP contribution in [-0.2, 0) is 4.74 Å². The molecule has 2 unspecified atom stereocenters. The zero-order valence-corrected chi connectivity index (χ0v) is 12.9. The first kappa shape index (κ1) is 14.5. The predicted molar refractivity (Wildman–Crippen MR) is 86.4 cm³/mol. The van der Waals surface area contributed by atoms with Crippen LogP contribution in [0.3, 0.4) is 0 Å². The van der Waals surface area contributed by atoms with Gasteiger partial charge >= 0.3 is 0 Å². The summed E-state index contributed by atoms with van der Waals surface area (Å²) in [6, 6.07) is 8.79. The molecule has 1 aromatic carbocycles. The van der Waals surface area contributed by atoms with Crippen LogP contribution >= 0.6 is 0 Å². The molecular weight excluding hydrogens is 260 g/mol. The van der Waals surface area contributed by atoms with Crippen LogP contribution in [0.25, 0.3) is 10.8 Å². The standard InChI is InChI=1S/C18H24N2O/c1-3-10-20-17(18(2)9-5-12-21-18)15-7-4-6-14-8-11-19-13-16(14)15/h4,6-8,11,13,17,20H,3,5,9-10,12H2,1-2H3. The van der Waals surface area contributed by atoms with Crippen LogP contribution in [0.5, 0.6) is 0 Å². The monoisotopic (exact) mass is 284 g/mol. The van der Waals surface area contributed by atoms with E-state index in [0.717, 1.165) is 32.4 Å². The Morgan fingerprint density at radius 1 is 1.38 bits per heavy atom. The lowest BCUT2D eigenvalue weighted by Gasteiger charge is -2.35. The number of nitrogens with zero attached hydrogens (tertiary/aromatic N) is 1. The Morgan fingerprint density at radius 3 is 3.05 bits per heavy atom. The van der Waals surface area contributed by atoms with Gasteiger partial charge in [-0.05, 0) is 49.7 Å². The summed E-state index contributed by atoms with van der Waals surface area (Å²) in [6.45, 7) is 6.30. The van der Waals surface area contributed by atoms with Gasteiger partial charge in [0.05, 0.1) is 11.6 Å². The van der Waals surface area contributed by atoms with E-state index in [1.807, 2.05) is 12.4 Å². The van der Waals surface area contributed by atoms with Crippen molar-refractivity contribution in [2.75, 3.05) is 13.2 Å². The van der Waals surface area contributed by atoms with Gasteiger partial charge in [0.15, 0.2) is 0 Å². The summed E-state index contributed by atoms with van der Waals surface area (Å²) in [5.74, 6) is 0. The summed E-state index contributed by atoms with van der Waals surface area (Å²) < 4.78 is 6.12. The molecular formula is C18H24N2O. The van der Waals surface area contributed by atoms with E-state index in [0.29, 0.717) is 0 Å². The summed E-state index contributed by atoms with van der Waals surface area (Å²) in [6.07, 6.45) is 7.20. The van der Waals surface area contributed by atoms with E-state index in [-0.39, 0.29) is 11.6 Å². The normalized spacial score (nSPS) is 23.5. The minimum atomic E-state index is -0.126. The molecule has 1 fully saturated rings. The second kappa shape index (κ2) is 6.12. The highest BCUT2D eigenvalue weighted by atomic mass is 16.5. The first-order valence-corrected chi connectivity index (χ1v) is 7.94. The van der Waals surface area contributed by atoms with Gasteiger partial charge in [-0.2, -0.15) is 0 Å². The van der Waals surface area contributed by atoms with Gasteiger partial charge in [-0.1, -0.05) is 25.1 Å². The zero-order chi connectivity index (χ0) is 14.7. The van der Waals surface area contributed by atoms with Gasteiger partial charge in [-0.3, -0.25) is 4.98 Å². The Bertz CT molecular complexity index is 600. The largest absolute Gasteiger partial charge is 0.373 e. The summed E-state index contributed by atoms with van der Waals surface area (Å²) in [5, 5.41) is 6.18. The Labute approximate surface area is 126 Å². The first-order valence-electron chi connectivity index (χ1n) is 7.94. The molecule has 112 valence electrons. The molecule has 21 heavy (non-hydrogen) atoms. The first-order chi connectivity index (χ1) is 10.2. The van der Waals surface area contributed by atoms with Gasteiger partial charge in [-0.25, -0.2) is 0 Å². The van der Waals surface area contributed by atoms with Crippen molar-refractivity contribution in [2.45, 2.75) is 44.8 Å². The van der Waals surface area contributed by atoms with Crippen molar-refractivity contribution in [3.8, 4) is 0 Å². The molecule has 2 atom stereocenters. The lowest BCUT2D eigenvalue weighted by molar-refractivity contribution is -0.0120. The lowest BCUT2D eigenvalue weighted by Crippen LogP contribution is -2.41. The highest BCUT2D eigenvalue weighted by Crippen LogP contribution is 2.39. The number of hydrogen-bond acceptors (Lipinski definition) is 3. The molecule has 0 spiro atoms. The molecule has 1 N–H and O–H groups in total. The quantitative estimate of drug-likeness (QED) is 0.905. The Morgan fingerprint density at radius 2 is 2.29 bits per heavy atom. The third-order valence-electron chi connectivity index (χ3n) is 4.49. The highest BCUT2D eigenvalue weighted by Gasteiger charge is 2.39. The van der Waals surface area contributed by atoms with Gasteiger partial charge in [0, 0.05) is 24.4 Å². The summed E-state index contributed by atoms with van der Waals surface area (Å²) in [4.78, 5) is 4.32. The van der Waals surface area contributed by atoms with E-state index in [1.54, 1.807) is 0 Å². The number of aromatic nitrogens is 1. The maximum Gasteiger partial charge on any atom is 0.0849 e. The van der Waals surface area contributed by atoms with Crippen LogP contribution in [0.1, 0.15) is 44.7 Å². The number of benzene rings is 1. The molecule has 1 aliphatic heterocycles. The van der Waals surface area contributed by atoms with Crippen LogP contribution < -0.4 is 5.32 Å². The molecule has 3 rings (SSSR count). The maximum absolute atomic E-state index is 6.12. The van der Waals surface area contributed by atoms with Crippen LogP contribution in [0.2, 0.25) is 0 Å². The fourth-order valence-electron chi connectivity index (χ4n) is 3.36. The van der Waals surface area contributed by atoms with Crippen molar-refractivity contribution in [2.24, 2.45) is 0 Å². The topological polar surface area (TPSA) is 34.2 Å². The van der Waals surface area contributed by atoms with Crippen LogP contribution in [0.4, 0.5) is 0 Å². The average Bonchev–Trinajstić information content (AvgIpc) is 2.95. The van der Waals surface area contributed by atoms with E-state index in [2.05, 4.69) is 48.4 Å². The highest BCUT2D eigenvalue weighted by molar-refractivity contribution is 5.85. The minimum Gasteiger partial charge on any atom is -0.373 e. The Hall–Kier alpha value is -1.45. The molecule has 1 aromatic heterocycles. The molecule has 2 aromatic rings. The van der Waals surface area contributed by atoms with Crippen molar-refractivity contribution >= 4 is 10.8 Å². The van der Waals surface area contributed by atoms with E-state index >= 15 is 0 Å². The van der Waals surface area contributed by atoms with E-state index in [9.17, 15) is 0 Å². The average molecular weight is 284 g/mol. The van der Waals surface area contributed by atoms with Crippen molar-refractivity contribution in [1.29, 1.82) is 0 Å². The van der Waals surface area contributed by atoms with Gasteiger partial charge in [0.2, 0.25) is 0 Å². The fourth-order valence-corrected chi connectivity index (χ4v) is 3.36. The van der Waals surface area contributed by atoms with Crippen LogP contribution in [0, 0.1) is 0 Å². The minimum absolute atomic E-state index is 0.126. The van der Waals surface area contributed by atoms with Crippen molar-refractivity contribution in [1.82, 2.24) is 10.3 Å². The zero-order valence-electron chi connectivity index (χ0n) is 12.9. The second-order valence-electron chi connectivity index (χ2n) is 6.10. The molecule has 0 saturated carbocycles. The molecule has 2 heterocycles. The van der Waals surface area contributed by atoms with E-state index in [1.165, 1.54) is 16.3 Å². The molecule has 0 aliphatic carbocycles. The molecule has 0 amide bonds. The summed E-state index contributed by atoms with van der Waals surface area (Å²) in [5.41, 5.74) is 1.18. The number of rotatable bonds is 5. The number of nitrogens with one attached hydrogen (secondary N) is 1. The molecule has 3 nitrogen and oxygen atoms in total. The summed E-state index contributed by atoms with van der Waals surface area (Å²) in [7, 11) is 0. The molecule has 0 radical (unpaired) electrons. The van der Waals surface area contributed by atoms with Crippen LogP contribution in [0.15, 0.2) is 36.7 Å². The van der Waals surface area contributed by atoms with Gasteiger partial charge in [-0.15, -0.1) is 0 Å². The number of ether oxygens (including phenoxy) is 1. The van der Waals surface area contributed by atoms with Crippen molar-refractivity contribution in [3.63, 3.8) is 0 Å². The SMILES string of the molecule is CCCNC(c1cccc2ccncc12)C1(C)CCCO1. The predicted octanol–water partition coefficient (Wildman–Crippen LogP) is 3.84. The van der Waals surface area contributed by atoms with Gasteiger partial charge in [0.1, 0.15) is 0 Å². The maximum atomic E-state index is 6.12. The van der Waals surface area contributed by atoms with Crippen molar-refractivity contribution < 1.29 is 4.74 Å². The number of fused-ring (bicyclic) bond motifs is 1. The second-order valence-corrected chi connectivity index (χ2v) is 6.10. The molecule has 3 heteroatoms. The van der Waals surface area contributed by atoms with Crippen molar-refractivity contribution in [3.05, 3.63) is 42.2 Å². The van der Waals surface area contributed by atoms with E-state index < -0.39 is 0 Å². The Kier molecular flexibility index (Phi) is 4.22. The molecule has 0 bridgehead atoms. The number of hydrogen-bond donors (Lipinski definition) is 1. The fraction of sp³-hybridized carbons (Fsp3) is 0.500. The van der Waals surface area contributed by atoms with Gasteiger partial charge < -0.3 is 10.1 Å².